The van der Waals surface area contributed by atoms with Gasteiger partial charge in [-0.2, -0.15) is 0 Å². The van der Waals surface area contributed by atoms with Gasteiger partial charge in [0.05, 0.1) is 6.54 Å². The maximum Gasteiger partial charge on any atom is 0.408 e. The SMILES string of the molecule is CC(C)[C@H](NC(=O)OC(C)(C)C)C(=O)N1CCC(F)(F)C1. The van der Waals surface area contributed by atoms with Crippen LogP contribution in [-0.4, -0.2) is 47.6 Å². The van der Waals surface area contributed by atoms with E-state index in [0.717, 1.165) is 4.90 Å². The van der Waals surface area contributed by atoms with Crippen LogP contribution in [-0.2, 0) is 9.53 Å². The number of halogens is 2. The minimum absolute atomic E-state index is 0.00501. The molecule has 0 unspecified atom stereocenters. The highest BCUT2D eigenvalue weighted by molar-refractivity contribution is 5.86. The van der Waals surface area contributed by atoms with E-state index in [1.807, 2.05) is 0 Å². The molecule has 2 amide bonds. The van der Waals surface area contributed by atoms with Crippen LogP contribution in [0.1, 0.15) is 41.0 Å². The Kier molecular flexibility index (Phi) is 5.17. The normalized spacial score (nSPS) is 19.5. The van der Waals surface area contributed by atoms with Gasteiger partial charge >= 0.3 is 6.09 Å². The molecule has 7 heteroatoms. The maximum absolute atomic E-state index is 13.2. The number of carbonyl (C=O) groups is 2. The zero-order valence-corrected chi connectivity index (χ0v) is 13.2. The molecule has 0 radical (unpaired) electrons. The molecule has 1 saturated heterocycles. The molecule has 1 aliphatic rings. The minimum Gasteiger partial charge on any atom is -0.444 e. The first-order chi connectivity index (χ1) is 9.41. The van der Waals surface area contributed by atoms with Gasteiger partial charge in [0.2, 0.25) is 5.91 Å². The average Bonchev–Trinajstić information content (AvgIpc) is 2.63. The summed E-state index contributed by atoms with van der Waals surface area (Å²) in [6.07, 6.45) is -1.06. The van der Waals surface area contributed by atoms with Crippen molar-refractivity contribution in [3.8, 4) is 0 Å². The van der Waals surface area contributed by atoms with Gasteiger partial charge in [-0.3, -0.25) is 4.79 Å². The largest absolute Gasteiger partial charge is 0.444 e. The van der Waals surface area contributed by atoms with E-state index in [4.69, 9.17) is 4.74 Å². The number of nitrogens with one attached hydrogen (secondary N) is 1. The smallest absolute Gasteiger partial charge is 0.408 e. The summed E-state index contributed by atoms with van der Waals surface area (Å²) < 4.78 is 31.5. The molecule has 1 fully saturated rings. The fourth-order valence-electron chi connectivity index (χ4n) is 2.07. The zero-order valence-electron chi connectivity index (χ0n) is 13.2. The number of nitrogens with zero attached hydrogens (tertiary/aromatic N) is 1. The Balaban J connectivity index is 2.69. The van der Waals surface area contributed by atoms with Gasteiger partial charge in [0.25, 0.3) is 5.92 Å². The first kappa shape index (κ1) is 17.7. The molecule has 5 nitrogen and oxygen atoms in total. The van der Waals surface area contributed by atoms with Crippen molar-refractivity contribution in [2.24, 2.45) is 5.92 Å². The van der Waals surface area contributed by atoms with E-state index in [9.17, 15) is 18.4 Å². The van der Waals surface area contributed by atoms with Crippen molar-refractivity contribution in [2.45, 2.75) is 58.6 Å². The van der Waals surface area contributed by atoms with Crippen LogP contribution in [0, 0.1) is 5.92 Å². The van der Waals surface area contributed by atoms with Crippen LogP contribution in [0.2, 0.25) is 0 Å². The number of amides is 2. The molecule has 1 heterocycles. The first-order valence-corrected chi connectivity index (χ1v) is 7.07. The Morgan fingerprint density at radius 3 is 2.24 bits per heavy atom. The lowest BCUT2D eigenvalue weighted by Gasteiger charge is -2.28. The number of carbonyl (C=O) groups excluding carboxylic acids is 2. The molecule has 0 aromatic rings. The number of rotatable bonds is 3. The van der Waals surface area contributed by atoms with Gasteiger partial charge in [0.15, 0.2) is 0 Å². The van der Waals surface area contributed by atoms with Crippen LogP contribution >= 0.6 is 0 Å². The number of alkyl carbamates (subject to hydrolysis) is 1. The second kappa shape index (κ2) is 6.15. The predicted octanol–water partition coefficient (Wildman–Crippen LogP) is 2.40. The van der Waals surface area contributed by atoms with E-state index in [0.29, 0.717) is 0 Å². The van der Waals surface area contributed by atoms with Crippen molar-refractivity contribution in [1.29, 1.82) is 0 Å². The van der Waals surface area contributed by atoms with Gasteiger partial charge in [0, 0.05) is 13.0 Å². The number of alkyl halides is 2. The molecule has 0 saturated carbocycles. The van der Waals surface area contributed by atoms with Crippen LogP contribution in [0.4, 0.5) is 13.6 Å². The van der Waals surface area contributed by atoms with Crippen molar-refractivity contribution >= 4 is 12.0 Å². The molecule has 1 N–H and O–H groups in total. The fraction of sp³-hybridized carbons (Fsp3) is 0.857. The van der Waals surface area contributed by atoms with Crippen LogP contribution < -0.4 is 5.32 Å². The Bertz CT molecular complexity index is 406. The third kappa shape index (κ3) is 5.47. The summed E-state index contributed by atoms with van der Waals surface area (Å²) in [6, 6.07) is -0.867. The monoisotopic (exact) mass is 306 g/mol. The molecule has 0 spiro atoms. The van der Waals surface area contributed by atoms with E-state index in [-0.39, 0.29) is 18.9 Å². The van der Waals surface area contributed by atoms with Crippen LogP contribution in [0.15, 0.2) is 0 Å². The molecule has 1 atom stereocenters. The summed E-state index contributed by atoms with van der Waals surface area (Å²) in [7, 11) is 0. The van der Waals surface area contributed by atoms with E-state index in [1.54, 1.807) is 34.6 Å². The standard InChI is InChI=1S/C14H24F2N2O3/c1-9(2)10(17-12(20)21-13(3,4)5)11(19)18-7-6-14(15,16)8-18/h9-10H,6-8H2,1-5H3,(H,17,20)/t10-/m0/s1. The van der Waals surface area contributed by atoms with Crippen molar-refractivity contribution in [2.75, 3.05) is 13.1 Å². The van der Waals surface area contributed by atoms with Crippen molar-refractivity contribution in [1.82, 2.24) is 10.2 Å². The molecule has 122 valence electrons. The molecule has 0 bridgehead atoms. The van der Waals surface area contributed by atoms with Gasteiger partial charge in [-0.1, -0.05) is 13.8 Å². The lowest BCUT2D eigenvalue weighted by molar-refractivity contribution is -0.135. The molecular weight excluding hydrogens is 282 g/mol. The minimum atomic E-state index is -2.84. The van der Waals surface area contributed by atoms with Crippen molar-refractivity contribution in [3.63, 3.8) is 0 Å². The van der Waals surface area contributed by atoms with Crippen LogP contribution in [0.25, 0.3) is 0 Å². The quantitative estimate of drug-likeness (QED) is 0.871. The summed E-state index contributed by atoms with van der Waals surface area (Å²) in [4.78, 5) is 25.2. The van der Waals surface area contributed by atoms with Crippen LogP contribution in [0.3, 0.4) is 0 Å². The molecule has 0 aromatic carbocycles. The highest BCUT2D eigenvalue weighted by atomic mass is 19.3. The topological polar surface area (TPSA) is 58.6 Å². The van der Waals surface area contributed by atoms with Gasteiger partial charge in [0.1, 0.15) is 11.6 Å². The lowest BCUT2D eigenvalue weighted by atomic mass is 10.0. The summed E-state index contributed by atoms with van der Waals surface area (Å²) in [5.41, 5.74) is -0.685. The molecule has 21 heavy (non-hydrogen) atoms. The third-order valence-corrected chi connectivity index (χ3v) is 3.09. The number of likely N-dealkylation sites (tertiary alicyclic amines) is 1. The zero-order chi connectivity index (χ0) is 16.4. The number of hydrogen-bond acceptors (Lipinski definition) is 3. The van der Waals surface area contributed by atoms with Gasteiger partial charge < -0.3 is 15.0 Å². The van der Waals surface area contributed by atoms with E-state index in [2.05, 4.69) is 5.32 Å². The molecule has 1 rings (SSSR count). The second-order valence-corrected chi connectivity index (χ2v) is 6.73. The van der Waals surface area contributed by atoms with Crippen LogP contribution in [0.5, 0.6) is 0 Å². The van der Waals surface area contributed by atoms with E-state index >= 15 is 0 Å². The third-order valence-electron chi connectivity index (χ3n) is 3.09. The van der Waals surface area contributed by atoms with E-state index in [1.165, 1.54) is 0 Å². The maximum atomic E-state index is 13.2. The van der Waals surface area contributed by atoms with Gasteiger partial charge in [-0.05, 0) is 26.7 Å². The predicted molar refractivity (Wildman–Crippen MR) is 74.1 cm³/mol. The Morgan fingerprint density at radius 2 is 1.86 bits per heavy atom. The first-order valence-electron chi connectivity index (χ1n) is 7.07. The summed E-state index contributed by atoms with van der Waals surface area (Å²) >= 11 is 0. The molecular formula is C14H24F2N2O3. The Hall–Kier alpha value is -1.40. The summed E-state index contributed by atoms with van der Waals surface area (Å²) in [5.74, 6) is -3.56. The second-order valence-electron chi connectivity index (χ2n) is 6.73. The highest BCUT2D eigenvalue weighted by Crippen LogP contribution is 2.27. The van der Waals surface area contributed by atoms with Crippen molar-refractivity contribution in [3.05, 3.63) is 0 Å². The Labute approximate surface area is 124 Å². The average molecular weight is 306 g/mol. The van der Waals surface area contributed by atoms with E-state index < -0.39 is 36.1 Å². The van der Waals surface area contributed by atoms with Gasteiger partial charge in [-0.25, -0.2) is 13.6 Å². The van der Waals surface area contributed by atoms with Crippen molar-refractivity contribution < 1.29 is 23.1 Å². The fourth-order valence-corrected chi connectivity index (χ4v) is 2.07. The highest BCUT2D eigenvalue weighted by Gasteiger charge is 2.42. The summed E-state index contributed by atoms with van der Waals surface area (Å²) in [6.45, 7) is 8.03. The molecule has 0 aliphatic carbocycles. The Morgan fingerprint density at radius 1 is 1.29 bits per heavy atom. The molecule has 1 aliphatic heterocycles. The van der Waals surface area contributed by atoms with Gasteiger partial charge in [-0.15, -0.1) is 0 Å². The number of hydrogen-bond donors (Lipinski definition) is 1. The lowest BCUT2D eigenvalue weighted by Crippen LogP contribution is -2.52. The number of ether oxygens (including phenoxy) is 1. The summed E-state index contributed by atoms with van der Waals surface area (Å²) in [5, 5.41) is 2.48. The molecule has 0 aromatic heterocycles.